The van der Waals surface area contributed by atoms with E-state index in [9.17, 15) is 14.4 Å². The van der Waals surface area contributed by atoms with Gasteiger partial charge in [-0.15, -0.1) is 0 Å². The lowest BCUT2D eigenvalue weighted by Gasteiger charge is -2.11. The van der Waals surface area contributed by atoms with E-state index in [4.69, 9.17) is 14.2 Å². The first-order valence-corrected chi connectivity index (χ1v) is 5.36. The molecule has 1 aromatic heterocycles. The average molecular weight is 267 g/mol. The standard InChI is InChI=1S/C12H13NO6/c1-6-5-10(17-7(2)14)13-12(19-9(4)16)11(6)18-8(3)15/h5H,1-4H3. The van der Waals surface area contributed by atoms with E-state index < -0.39 is 17.9 Å². The van der Waals surface area contributed by atoms with Crippen LogP contribution in [0.2, 0.25) is 0 Å². The monoisotopic (exact) mass is 267 g/mol. The zero-order valence-corrected chi connectivity index (χ0v) is 11.0. The van der Waals surface area contributed by atoms with E-state index in [-0.39, 0.29) is 17.5 Å². The van der Waals surface area contributed by atoms with E-state index in [2.05, 4.69) is 4.98 Å². The minimum absolute atomic E-state index is 0.0126. The fourth-order valence-corrected chi connectivity index (χ4v) is 1.28. The zero-order chi connectivity index (χ0) is 14.6. The Morgan fingerprint density at radius 1 is 0.947 bits per heavy atom. The number of rotatable bonds is 3. The van der Waals surface area contributed by atoms with Gasteiger partial charge in [-0.1, -0.05) is 0 Å². The Morgan fingerprint density at radius 2 is 1.47 bits per heavy atom. The summed E-state index contributed by atoms with van der Waals surface area (Å²) in [6.45, 7) is 5.19. The van der Waals surface area contributed by atoms with E-state index in [1.807, 2.05) is 0 Å². The van der Waals surface area contributed by atoms with Crippen molar-refractivity contribution in [1.82, 2.24) is 4.98 Å². The van der Waals surface area contributed by atoms with Crippen molar-refractivity contribution in [3.63, 3.8) is 0 Å². The van der Waals surface area contributed by atoms with E-state index in [1.54, 1.807) is 6.92 Å². The normalized spacial score (nSPS) is 9.68. The van der Waals surface area contributed by atoms with Gasteiger partial charge in [0.25, 0.3) is 5.88 Å². The van der Waals surface area contributed by atoms with Gasteiger partial charge in [0, 0.05) is 32.4 Å². The molecule has 0 atom stereocenters. The number of nitrogens with zero attached hydrogens (tertiary/aromatic N) is 1. The highest BCUT2D eigenvalue weighted by molar-refractivity contribution is 5.74. The first kappa shape index (κ1) is 14.6. The molecule has 7 heteroatoms. The number of carbonyl (C=O) groups is 3. The molecule has 102 valence electrons. The molecule has 0 fully saturated rings. The maximum atomic E-state index is 11.0. The van der Waals surface area contributed by atoms with Gasteiger partial charge in [-0.2, -0.15) is 4.98 Å². The van der Waals surface area contributed by atoms with E-state index >= 15 is 0 Å². The molecule has 0 aromatic carbocycles. The van der Waals surface area contributed by atoms with Crippen LogP contribution in [0.5, 0.6) is 17.5 Å². The van der Waals surface area contributed by atoms with Crippen LogP contribution in [-0.2, 0) is 14.4 Å². The molecule has 7 nitrogen and oxygen atoms in total. The smallest absolute Gasteiger partial charge is 0.309 e. The third-order valence-corrected chi connectivity index (χ3v) is 1.84. The van der Waals surface area contributed by atoms with Crippen molar-refractivity contribution in [2.45, 2.75) is 27.7 Å². The number of esters is 3. The molecule has 0 saturated heterocycles. The van der Waals surface area contributed by atoms with Gasteiger partial charge in [0.15, 0.2) is 5.75 Å². The molecule has 0 radical (unpaired) electrons. The van der Waals surface area contributed by atoms with Crippen molar-refractivity contribution in [2.75, 3.05) is 0 Å². The molecule has 0 N–H and O–H groups in total. The summed E-state index contributed by atoms with van der Waals surface area (Å²) in [7, 11) is 0. The second-order valence-corrected chi connectivity index (χ2v) is 3.69. The number of carbonyl (C=O) groups excluding carboxylic acids is 3. The van der Waals surface area contributed by atoms with Crippen molar-refractivity contribution in [3.8, 4) is 17.5 Å². The fourth-order valence-electron chi connectivity index (χ4n) is 1.28. The molecule has 0 aliphatic carbocycles. The third kappa shape index (κ3) is 4.38. The van der Waals surface area contributed by atoms with Crippen LogP contribution in [0.1, 0.15) is 26.3 Å². The van der Waals surface area contributed by atoms with Crippen LogP contribution >= 0.6 is 0 Å². The summed E-state index contributed by atoms with van der Waals surface area (Å²) in [5, 5.41) is 0. The summed E-state index contributed by atoms with van der Waals surface area (Å²) in [5.74, 6) is -2.05. The Hall–Kier alpha value is -2.44. The van der Waals surface area contributed by atoms with Gasteiger partial charge >= 0.3 is 17.9 Å². The summed E-state index contributed by atoms with van der Waals surface area (Å²) in [5.41, 5.74) is 0.442. The molecule has 0 aliphatic heterocycles. The molecule has 0 unspecified atom stereocenters. The van der Waals surface area contributed by atoms with Crippen LogP contribution in [0.25, 0.3) is 0 Å². The predicted molar refractivity (Wildman–Crippen MR) is 62.9 cm³/mol. The minimum atomic E-state index is -0.639. The van der Waals surface area contributed by atoms with Crippen molar-refractivity contribution < 1.29 is 28.6 Å². The van der Waals surface area contributed by atoms with Gasteiger partial charge in [-0.3, -0.25) is 14.4 Å². The molecule has 0 bridgehead atoms. The maximum absolute atomic E-state index is 11.0. The van der Waals surface area contributed by atoms with E-state index in [0.29, 0.717) is 5.56 Å². The summed E-state index contributed by atoms with van der Waals surface area (Å²) in [4.78, 5) is 36.6. The van der Waals surface area contributed by atoms with Gasteiger partial charge < -0.3 is 14.2 Å². The number of hydrogen-bond acceptors (Lipinski definition) is 7. The SMILES string of the molecule is CC(=O)Oc1cc(C)c(OC(C)=O)c(OC(C)=O)n1. The average Bonchev–Trinajstić information content (AvgIpc) is 2.21. The van der Waals surface area contributed by atoms with Crippen LogP contribution in [0.4, 0.5) is 0 Å². The van der Waals surface area contributed by atoms with E-state index in [0.717, 1.165) is 0 Å². The summed E-state index contributed by atoms with van der Waals surface area (Å²) in [6, 6.07) is 1.40. The Morgan fingerprint density at radius 3 is 1.95 bits per heavy atom. The molecule has 0 spiro atoms. The highest BCUT2D eigenvalue weighted by Gasteiger charge is 2.18. The molecular weight excluding hydrogens is 254 g/mol. The Balaban J connectivity index is 3.24. The van der Waals surface area contributed by atoms with Crippen LogP contribution in [0, 0.1) is 6.92 Å². The number of aryl methyl sites for hydroxylation is 1. The maximum Gasteiger partial charge on any atom is 0.309 e. The highest BCUT2D eigenvalue weighted by Crippen LogP contribution is 2.32. The number of hydrogen-bond donors (Lipinski definition) is 0. The van der Waals surface area contributed by atoms with Gasteiger partial charge in [0.2, 0.25) is 5.88 Å². The second kappa shape index (κ2) is 5.94. The highest BCUT2D eigenvalue weighted by atomic mass is 16.6. The van der Waals surface area contributed by atoms with Crippen molar-refractivity contribution in [1.29, 1.82) is 0 Å². The first-order valence-electron chi connectivity index (χ1n) is 5.36. The van der Waals surface area contributed by atoms with Crippen LogP contribution in [0.15, 0.2) is 6.07 Å². The number of pyridine rings is 1. The van der Waals surface area contributed by atoms with Crippen molar-refractivity contribution in [2.24, 2.45) is 0 Å². The fraction of sp³-hybridized carbons (Fsp3) is 0.333. The first-order chi connectivity index (χ1) is 8.79. The molecule has 0 amide bonds. The molecule has 19 heavy (non-hydrogen) atoms. The predicted octanol–water partition coefficient (Wildman–Crippen LogP) is 1.17. The quantitative estimate of drug-likeness (QED) is 0.759. The number of ether oxygens (including phenoxy) is 3. The lowest BCUT2D eigenvalue weighted by atomic mass is 10.2. The number of aromatic nitrogens is 1. The molecule has 1 heterocycles. The Kier molecular flexibility index (Phi) is 4.57. The van der Waals surface area contributed by atoms with Gasteiger partial charge in [0.1, 0.15) is 0 Å². The Bertz CT molecular complexity index is 537. The van der Waals surface area contributed by atoms with Gasteiger partial charge in [-0.05, 0) is 6.92 Å². The molecule has 0 aliphatic rings. The van der Waals surface area contributed by atoms with Crippen LogP contribution in [0.3, 0.4) is 0 Å². The molecule has 1 rings (SSSR count). The largest absolute Gasteiger partial charge is 0.421 e. The summed E-state index contributed by atoms with van der Waals surface area (Å²) >= 11 is 0. The van der Waals surface area contributed by atoms with E-state index in [1.165, 1.54) is 26.8 Å². The van der Waals surface area contributed by atoms with Gasteiger partial charge in [0.05, 0.1) is 0 Å². The molecular formula is C12H13NO6. The zero-order valence-electron chi connectivity index (χ0n) is 11.0. The molecule has 0 saturated carbocycles. The van der Waals surface area contributed by atoms with Crippen LogP contribution in [-0.4, -0.2) is 22.9 Å². The molecule has 1 aromatic rings. The Labute approximate surface area is 109 Å². The minimum Gasteiger partial charge on any atom is -0.421 e. The summed E-state index contributed by atoms with van der Waals surface area (Å²) in [6.07, 6.45) is 0. The van der Waals surface area contributed by atoms with Gasteiger partial charge in [-0.25, -0.2) is 0 Å². The summed E-state index contributed by atoms with van der Waals surface area (Å²) < 4.78 is 14.5. The second-order valence-electron chi connectivity index (χ2n) is 3.69. The third-order valence-electron chi connectivity index (χ3n) is 1.84. The lowest BCUT2D eigenvalue weighted by Crippen LogP contribution is -2.11. The topological polar surface area (TPSA) is 91.8 Å². The van der Waals surface area contributed by atoms with Crippen molar-refractivity contribution >= 4 is 17.9 Å². The van der Waals surface area contributed by atoms with Crippen LogP contribution < -0.4 is 14.2 Å². The van der Waals surface area contributed by atoms with Crippen molar-refractivity contribution in [3.05, 3.63) is 11.6 Å². The lowest BCUT2D eigenvalue weighted by molar-refractivity contribution is -0.135.